The summed E-state index contributed by atoms with van der Waals surface area (Å²) in [5.41, 5.74) is 1.07. The zero-order valence-corrected chi connectivity index (χ0v) is 11.6. The fourth-order valence-corrected chi connectivity index (χ4v) is 2.50. The zero-order chi connectivity index (χ0) is 13.0. The van der Waals surface area contributed by atoms with Gasteiger partial charge in [-0.25, -0.2) is 0 Å². The molecule has 1 aromatic heterocycles. The van der Waals surface area contributed by atoms with E-state index in [-0.39, 0.29) is 6.04 Å². The van der Waals surface area contributed by atoms with Gasteiger partial charge in [-0.1, -0.05) is 30.1 Å². The van der Waals surface area contributed by atoms with Crippen molar-refractivity contribution >= 4 is 23.2 Å². The fourth-order valence-electron chi connectivity index (χ4n) is 1.96. The highest BCUT2D eigenvalue weighted by Gasteiger charge is 2.14. The van der Waals surface area contributed by atoms with E-state index in [4.69, 9.17) is 27.6 Å². The average molecular weight is 284 g/mol. The largest absolute Gasteiger partial charge is 0.469 e. The number of likely N-dealkylation sites (N-methyl/N-ethyl adjacent to an activating group) is 1. The molecule has 0 aliphatic heterocycles. The van der Waals surface area contributed by atoms with Crippen molar-refractivity contribution in [2.45, 2.75) is 19.4 Å². The predicted octanol–water partition coefficient (Wildman–Crippen LogP) is 4.48. The third-order valence-corrected chi connectivity index (χ3v) is 3.16. The number of benzene rings is 1. The summed E-state index contributed by atoms with van der Waals surface area (Å²) >= 11 is 12.1. The van der Waals surface area contributed by atoms with Crippen LogP contribution in [0.3, 0.4) is 0 Å². The van der Waals surface area contributed by atoms with Crippen molar-refractivity contribution in [3.8, 4) is 0 Å². The topological polar surface area (TPSA) is 25.2 Å². The lowest BCUT2D eigenvalue weighted by molar-refractivity contribution is 0.455. The number of halogens is 2. The normalized spacial score (nSPS) is 12.6. The summed E-state index contributed by atoms with van der Waals surface area (Å²) < 4.78 is 5.39. The van der Waals surface area contributed by atoms with E-state index in [9.17, 15) is 0 Å². The molecule has 2 nitrogen and oxygen atoms in total. The van der Waals surface area contributed by atoms with E-state index < -0.39 is 0 Å². The number of rotatable bonds is 5. The number of hydrogen-bond donors (Lipinski definition) is 1. The SMILES string of the molecule is CCNC(Cc1ccco1)c1cc(Cl)cc(Cl)c1. The maximum Gasteiger partial charge on any atom is 0.105 e. The Labute approximate surface area is 117 Å². The van der Waals surface area contributed by atoms with Crippen LogP contribution in [-0.4, -0.2) is 6.54 Å². The van der Waals surface area contributed by atoms with Crippen LogP contribution < -0.4 is 5.32 Å². The molecule has 0 fully saturated rings. The monoisotopic (exact) mass is 283 g/mol. The Morgan fingerprint density at radius 3 is 2.50 bits per heavy atom. The standard InChI is InChI=1S/C14H15Cl2NO/c1-2-17-14(9-13-4-3-5-18-13)10-6-11(15)8-12(16)7-10/h3-8,14,17H,2,9H2,1H3. The maximum absolute atomic E-state index is 6.04. The van der Waals surface area contributed by atoms with Gasteiger partial charge in [0.25, 0.3) is 0 Å². The van der Waals surface area contributed by atoms with Gasteiger partial charge in [0.15, 0.2) is 0 Å². The molecule has 0 radical (unpaired) electrons. The summed E-state index contributed by atoms with van der Waals surface area (Å²) in [7, 11) is 0. The van der Waals surface area contributed by atoms with Gasteiger partial charge >= 0.3 is 0 Å². The third-order valence-electron chi connectivity index (χ3n) is 2.72. The van der Waals surface area contributed by atoms with E-state index in [0.717, 1.165) is 24.3 Å². The second-order valence-corrected chi connectivity index (χ2v) is 4.97. The highest BCUT2D eigenvalue weighted by molar-refractivity contribution is 6.34. The summed E-state index contributed by atoms with van der Waals surface area (Å²) in [6.07, 6.45) is 2.46. The van der Waals surface area contributed by atoms with Crippen molar-refractivity contribution in [1.82, 2.24) is 5.32 Å². The number of furan rings is 1. The smallest absolute Gasteiger partial charge is 0.105 e. The van der Waals surface area contributed by atoms with Crippen molar-refractivity contribution in [2.75, 3.05) is 6.54 Å². The first-order valence-electron chi connectivity index (χ1n) is 5.90. The second kappa shape index (κ2) is 6.28. The van der Waals surface area contributed by atoms with Gasteiger partial charge in [0.05, 0.1) is 6.26 Å². The molecule has 1 aromatic carbocycles. The van der Waals surface area contributed by atoms with Crippen molar-refractivity contribution in [3.63, 3.8) is 0 Å². The van der Waals surface area contributed by atoms with Crippen LogP contribution in [0.2, 0.25) is 10.0 Å². The van der Waals surface area contributed by atoms with Gasteiger partial charge in [-0.15, -0.1) is 0 Å². The Morgan fingerprint density at radius 2 is 1.94 bits per heavy atom. The Bertz CT molecular complexity index is 476. The first-order valence-corrected chi connectivity index (χ1v) is 6.66. The molecule has 0 amide bonds. The van der Waals surface area contributed by atoms with Crippen LogP contribution in [0.15, 0.2) is 41.0 Å². The molecule has 0 saturated carbocycles. The highest BCUT2D eigenvalue weighted by Crippen LogP contribution is 2.25. The molecule has 96 valence electrons. The lowest BCUT2D eigenvalue weighted by Crippen LogP contribution is -2.22. The molecule has 1 heterocycles. The minimum absolute atomic E-state index is 0.150. The third kappa shape index (κ3) is 3.52. The Kier molecular flexibility index (Phi) is 4.70. The summed E-state index contributed by atoms with van der Waals surface area (Å²) in [5.74, 6) is 0.942. The van der Waals surface area contributed by atoms with Gasteiger partial charge in [-0.3, -0.25) is 0 Å². The molecule has 18 heavy (non-hydrogen) atoms. The van der Waals surface area contributed by atoms with Gasteiger partial charge in [-0.2, -0.15) is 0 Å². The van der Waals surface area contributed by atoms with Crippen LogP contribution >= 0.6 is 23.2 Å². The van der Waals surface area contributed by atoms with Crippen LogP contribution in [0.5, 0.6) is 0 Å². The highest BCUT2D eigenvalue weighted by atomic mass is 35.5. The van der Waals surface area contributed by atoms with Crippen LogP contribution in [-0.2, 0) is 6.42 Å². The summed E-state index contributed by atoms with van der Waals surface area (Å²) in [4.78, 5) is 0. The maximum atomic E-state index is 6.04. The van der Waals surface area contributed by atoms with Crippen LogP contribution in [0, 0.1) is 0 Å². The molecule has 1 atom stereocenters. The van der Waals surface area contributed by atoms with Gasteiger partial charge in [0.1, 0.15) is 5.76 Å². The predicted molar refractivity (Wildman–Crippen MR) is 75.3 cm³/mol. The number of hydrogen-bond acceptors (Lipinski definition) is 2. The van der Waals surface area contributed by atoms with Gasteiger partial charge in [0.2, 0.25) is 0 Å². The van der Waals surface area contributed by atoms with E-state index in [1.165, 1.54) is 0 Å². The van der Waals surface area contributed by atoms with Gasteiger partial charge in [-0.05, 0) is 42.4 Å². The van der Waals surface area contributed by atoms with Crippen molar-refractivity contribution in [1.29, 1.82) is 0 Å². The number of nitrogens with one attached hydrogen (secondary N) is 1. The lowest BCUT2D eigenvalue weighted by atomic mass is 10.0. The Hall–Kier alpha value is -0.960. The minimum atomic E-state index is 0.150. The summed E-state index contributed by atoms with van der Waals surface area (Å²) in [5, 5.41) is 4.72. The van der Waals surface area contributed by atoms with Crippen LogP contribution in [0.4, 0.5) is 0 Å². The van der Waals surface area contributed by atoms with E-state index in [1.807, 2.05) is 24.3 Å². The zero-order valence-electron chi connectivity index (χ0n) is 10.1. The van der Waals surface area contributed by atoms with E-state index in [0.29, 0.717) is 10.0 Å². The molecule has 2 rings (SSSR count). The Morgan fingerprint density at radius 1 is 1.22 bits per heavy atom. The molecule has 0 aliphatic rings. The first-order chi connectivity index (χ1) is 8.69. The molecule has 0 saturated heterocycles. The fraction of sp³-hybridized carbons (Fsp3) is 0.286. The molecule has 0 aliphatic carbocycles. The minimum Gasteiger partial charge on any atom is -0.469 e. The molecule has 2 aromatic rings. The first kappa shape index (κ1) is 13.5. The van der Waals surface area contributed by atoms with E-state index in [1.54, 1.807) is 12.3 Å². The molecule has 4 heteroatoms. The van der Waals surface area contributed by atoms with Gasteiger partial charge < -0.3 is 9.73 Å². The summed E-state index contributed by atoms with van der Waals surface area (Å²) in [6.45, 7) is 2.94. The van der Waals surface area contributed by atoms with E-state index in [2.05, 4.69) is 12.2 Å². The van der Waals surface area contributed by atoms with Crippen molar-refractivity contribution in [3.05, 3.63) is 58.0 Å². The molecule has 0 bridgehead atoms. The average Bonchev–Trinajstić information content (AvgIpc) is 2.80. The molecule has 0 spiro atoms. The van der Waals surface area contributed by atoms with Crippen LogP contribution in [0.25, 0.3) is 0 Å². The molecular formula is C14H15Cl2NO. The van der Waals surface area contributed by atoms with Crippen molar-refractivity contribution in [2.24, 2.45) is 0 Å². The van der Waals surface area contributed by atoms with E-state index >= 15 is 0 Å². The van der Waals surface area contributed by atoms with Crippen molar-refractivity contribution < 1.29 is 4.42 Å². The van der Waals surface area contributed by atoms with Gasteiger partial charge in [0, 0.05) is 22.5 Å². The Balaban J connectivity index is 2.23. The van der Waals surface area contributed by atoms with Crippen LogP contribution in [0.1, 0.15) is 24.3 Å². The molecular weight excluding hydrogens is 269 g/mol. The summed E-state index contributed by atoms with van der Waals surface area (Å²) in [6, 6.07) is 9.62. The second-order valence-electron chi connectivity index (χ2n) is 4.10. The lowest BCUT2D eigenvalue weighted by Gasteiger charge is -2.17. The molecule has 1 unspecified atom stereocenters. The molecule has 1 N–H and O–H groups in total. The quantitative estimate of drug-likeness (QED) is 0.875.